The summed E-state index contributed by atoms with van der Waals surface area (Å²) >= 11 is -0.750. The first-order valence-electron chi connectivity index (χ1n) is 2.33. The molecule has 1 rings (SSSR count). The Morgan fingerprint density at radius 2 is 1.00 bits per heavy atom. The van der Waals surface area contributed by atoms with Gasteiger partial charge < -0.3 is 0 Å². The summed E-state index contributed by atoms with van der Waals surface area (Å²) in [6.45, 7) is 0. The van der Waals surface area contributed by atoms with Crippen molar-refractivity contribution in [3.63, 3.8) is 0 Å². The summed E-state index contributed by atoms with van der Waals surface area (Å²) in [5.74, 6) is 0. The quantitative estimate of drug-likeness (QED) is 0.475. The van der Waals surface area contributed by atoms with Crippen LogP contribution in [-0.2, 0) is 11.6 Å². The van der Waals surface area contributed by atoms with E-state index < -0.39 is 11.6 Å². The predicted octanol–water partition coefficient (Wildman–Crippen LogP) is 0.890. The minimum atomic E-state index is -0.750. The van der Waals surface area contributed by atoms with Gasteiger partial charge in [0, 0.05) is 0 Å². The highest BCUT2D eigenvalue weighted by Crippen LogP contribution is 2.15. The van der Waals surface area contributed by atoms with E-state index in [1.54, 1.807) is 0 Å². The monoisotopic (exact) mass is 120 g/mol. The summed E-state index contributed by atoms with van der Waals surface area (Å²) in [5, 5.41) is 0. The molecule has 0 saturated heterocycles. The number of rotatable bonds is 0. The van der Waals surface area contributed by atoms with E-state index >= 15 is 0 Å². The zero-order valence-corrected chi connectivity index (χ0v) is 4.87. The molecule has 0 aromatic heterocycles. The Kier molecular flexibility index (Phi) is 5.67. The third kappa shape index (κ3) is 5.82. The minimum Gasteiger partial charge on any atom is -0.168 e. The molecule has 3 heteroatoms. The highest BCUT2D eigenvalue weighted by molar-refractivity contribution is 7.51. The van der Waals surface area contributed by atoms with Gasteiger partial charge in [0.25, 0.3) is 0 Å². The third-order valence-corrected chi connectivity index (χ3v) is 1.000. The SMILES string of the molecule is C1CCC1.O=S=O. The molecule has 0 aromatic carbocycles. The Morgan fingerprint density at radius 3 is 1.00 bits per heavy atom. The van der Waals surface area contributed by atoms with Gasteiger partial charge in [0.05, 0.1) is 0 Å². The summed E-state index contributed by atoms with van der Waals surface area (Å²) in [6, 6.07) is 0. The van der Waals surface area contributed by atoms with Gasteiger partial charge >= 0.3 is 11.6 Å². The summed E-state index contributed by atoms with van der Waals surface area (Å²) in [6.07, 6.45) is 6.00. The van der Waals surface area contributed by atoms with E-state index in [-0.39, 0.29) is 0 Å². The average Bonchev–Trinajstić information content (AvgIpc) is 1.27. The fraction of sp³-hybridized carbons (Fsp3) is 1.00. The first-order chi connectivity index (χ1) is 3.41. The van der Waals surface area contributed by atoms with E-state index in [9.17, 15) is 0 Å². The molecule has 0 aliphatic heterocycles. The topological polar surface area (TPSA) is 34.1 Å². The summed E-state index contributed by atoms with van der Waals surface area (Å²) in [5.41, 5.74) is 0. The van der Waals surface area contributed by atoms with Crippen molar-refractivity contribution in [3.05, 3.63) is 0 Å². The van der Waals surface area contributed by atoms with Crippen LogP contribution in [0, 0.1) is 0 Å². The fourth-order valence-electron chi connectivity index (χ4n) is 0.250. The van der Waals surface area contributed by atoms with E-state index in [4.69, 9.17) is 8.42 Å². The van der Waals surface area contributed by atoms with Crippen molar-refractivity contribution in [2.24, 2.45) is 0 Å². The maximum absolute atomic E-state index is 8.29. The molecule has 0 radical (unpaired) electrons. The van der Waals surface area contributed by atoms with Crippen molar-refractivity contribution in [3.8, 4) is 0 Å². The van der Waals surface area contributed by atoms with Gasteiger partial charge in [-0.05, 0) is 0 Å². The molecular formula is C4H8O2S. The summed E-state index contributed by atoms with van der Waals surface area (Å²) in [4.78, 5) is 0. The highest BCUT2D eigenvalue weighted by atomic mass is 32.1. The smallest absolute Gasteiger partial charge is 0.168 e. The third-order valence-electron chi connectivity index (χ3n) is 1.000. The van der Waals surface area contributed by atoms with Crippen LogP contribution in [0.1, 0.15) is 25.7 Å². The van der Waals surface area contributed by atoms with Crippen LogP contribution in [0.25, 0.3) is 0 Å². The first-order valence-corrected chi connectivity index (χ1v) is 3.00. The average molecular weight is 120 g/mol. The molecule has 0 heterocycles. The van der Waals surface area contributed by atoms with Crippen molar-refractivity contribution in [1.29, 1.82) is 0 Å². The van der Waals surface area contributed by atoms with Gasteiger partial charge in [0.15, 0.2) is 0 Å². The molecule has 0 unspecified atom stereocenters. The molecule has 7 heavy (non-hydrogen) atoms. The zero-order chi connectivity index (χ0) is 5.54. The molecule has 2 nitrogen and oxygen atoms in total. The lowest BCUT2D eigenvalue weighted by atomic mass is 10.0. The molecule has 0 aromatic rings. The van der Waals surface area contributed by atoms with Crippen molar-refractivity contribution in [2.75, 3.05) is 0 Å². The molecule has 1 saturated carbocycles. The van der Waals surface area contributed by atoms with Crippen LogP contribution in [0.3, 0.4) is 0 Å². The van der Waals surface area contributed by atoms with Gasteiger partial charge in [-0.1, -0.05) is 25.7 Å². The maximum atomic E-state index is 8.29. The van der Waals surface area contributed by atoms with Gasteiger partial charge in [-0.2, -0.15) is 8.42 Å². The molecule has 0 bridgehead atoms. The Balaban J connectivity index is 0.000000110. The standard InChI is InChI=1S/C4H8.O2S/c1-2-4-3-1;1-3-2/h1-4H2;. The highest BCUT2D eigenvalue weighted by Gasteiger charge is 1.95. The Hall–Kier alpha value is -0.180. The van der Waals surface area contributed by atoms with E-state index in [1.165, 1.54) is 25.7 Å². The van der Waals surface area contributed by atoms with Crippen LogP contribution in [0.5, 0.6) is 0 Å². The van der Waals surface area contributed by atoms with Crippen LogP contribution in [-0.4, -0.2) is 8.42 Å². The molecule has 1 aliphatic rings. The van der Waals surface area contributed by atoms with E-state index in [1.807, 2.05) is 0 Å². The minimum absolute atomic E-state index is 0.750. The van der Waals surface area contributed by atoms with Crippen molar-refractivity contribution < 1.29 is 8.42 Å². The molecule has 42 valence electrons. The van der Waals surface area contributed by atoms with Crippen molar-refractivity contribution in [2.45, 2.75) is 25.7 Å². The Bertz CT molecular complexity index is 58.1. The summed E-state index contributed by atoms with van der Waals surface area (Å²) < 4.78 is 16.6. The van der Waals surface area contributed by atoms with E-state index in [2.05, 4.69) is 0 Å². The molecule has 0 amide bonds. The second kappa shape index (κ2) is 5.82. The maximum Gasteiger partial charge on any atom is 0.335 e. The van der Waals surface area contributed by atoms with Crippen LogP contribution in [0.2, 0.25) is 0 Å². The second-order valence-electron chi connectivity index (χ2n) is 1.48. The molecule has 0 atom stereocenters. The predicted molar refractivity (Wildman–Crippen MR) is 27.4 cm³/mol. The number of hydrogen-bond acceptors (Lipinski definition) is 2. The van der Waals surface area contributed by atoms with Crippen molar-refractivity contribution in [1.82, 2.24) is 0 Å². The van der Waals surface area contributed by atoms with E-state index in [0.29, 0.717) is 0 Å². The van der Waals surface area contributed by atoms with Gasteiger partial charge in [0.2, 0.25) is 0 Å². The first kappa shape index (κ1) is 6.82. The zero-order valence-electron chi connectivity index (χ0n) is 4.05. The lowest BCUT2D eigenvalue weighted by Crippen LogP contribution is -1.85. The Labute approximate surface area is 46.5 Å². The molecule has 0 N–H and O–H groups in total. The van der Waals surface area contributed by atoms with E-state index in [0.717, 1.165) is 0 Å². The lowest BCUT2D eigenvalue weighted by molar-refractivity contribution is 0.504. The largest absolute Gasteiger partial charge is 0.335 e. The lowest BCUT2D eigenvalue weighted by Gasteiger charge is -2.05. The van der Waals surface area contributed by atoms with Crippen LogP contribution < -0.4 is 0 Å². The molecule has 1 fully saturated rings. The molecular weight excluding hydrogens is 112 g/mol. The summed E-state index contributed by atoms with van der Waals surface area (Å²) in [7, 11) is 0. The van der Waals surface area contributed by atoms with Crippen LogP contribution in [0.4, 0.5) is 0 Å². The van der Waals surface area contributed by atoms with Crippen molar-refractivity contribution >= 4 is 11.6 Å². The number of hydrogen-bond donors (Lipinski definition) is 0. The molecule has 1 aliphatic carbocycles. The Morgan fingerprint density at radius 1 is 0.857 bits per heavy atom. The van der Waals surface area contributed by atoms with Gasteiger partial charge in [0.1, 0.15) is 0 Å². The van der Waals surface area contributed by atoms with Crippen LogP contribution >= 0.6 is 0 Å². The fourth-order valence-corrected chi connectivity index (χ4v) is 0.250. The molecule has 0 spiro atoms. The van der Waals surface area contributed by atoms with Gasteiger partial charge in [-0.25, -0.2) is 0 Å². The normalized spacial score (nSPS) is 15.4. The van der Waals surface area contributed by atoms with Gasteiger partial charge in [-0.15, -0.1) is 0 Å². The van der Waals surface area contributed by atoms with Crippen LogP contribution in [0.15, 0.2) is 0 Å². The second-order valence-corrected chi connectivity index (χ2v) is 1.62. The van der Waals surface area contributed by atoms with Gasteiger partial charge in [-0.3, -0.25) is 0 Å².